The van der Waals surface area contributed by atoms with Crippen molar-refractivity contribution >= 4 is 0 Å². The van der Waals surface area contributed by atoms with Crippen molar-refractivity contribution in [2.45, 2.75) is 12.8 Å². The molecule has 2 nitrogen and oxygen atoms in total. The summed E-state index contributed by atoms with van der Waals surface area (Å²) in [5.74, 6) is 1.07. The minimum absolute atomic E-state index is 0.265. The third-order valence-electron chi connectivity index (χ3n) is 2.56. The normalized spacial score (nSPS) is 10.1. The smallest absolute Gasteiger partial charge is 0.119 e. The number of ether oxygens (including phenoxy) is 1. The van der Waals surface area contributed by atoms with Crippen LogP contribution in [0.3, 0.4) is 0 Å². The number of phenolic OH excluding ortho intramolecular Hbond substituents is 1. The fourth-order valence-electron chi connectivity index (χ4n) is 1.65. The number of aryl methyl sites for hydroxylation is 1. The lowest BCUT2D eigenvalue weighted by Crippen LogP contribution is -1.99. The molecule has 0 heterocycles. The molecule has 2 aromatic rings. The Morgan fingerprint density at radius 2 is 1.59 bits per heavy atom. The number of phenols is 1. The highest BCUT2D eigenvalue weighted by molar-refractivity contribution is 5.30. The number of benzene rings is 2. The molecule has 2 aromatic carbocycles. The molecule has 0 saturated carbocycles. The van der Waals surface area contributed by atoms with E-state index in [-0.39, 0.29) is 5.75 Å². The average molecular weight is 228 g/mol. The molecule has 0 unspecified atom stereocenters. The molecule has 2 heteroatoms. The van der Waals surface area contributed by atoms with E-state index in [9.17, 15) is 0 Å². The Hall–Kier alpha value is -1.96. The highest BCUT2D eigenvalue weighted by Crippen LogP contribution is 2.16. The van der Waals surface area contributed by atoms with Gasteiger partial charge in [-0.25, -0.2) is 0 Å². The van der Waals surface area contributed by atoms with Gasteiger partial charge in [0.25, 0.3) is 0 Å². The van der Waals surface area contributed by atoms with Crippen LogP contribution in [0, 0.1) is 0 Å². The van der Waals surface area contributed by atoms with E-state index < -0.39 is 0 Å². The van der Waals surface area contributed by atoms with Crippen molar-refractivity contribution in [2.75, 3.05) is 6.61 Å². The van der Waals surface area contributed by atoms with Gasteiger partial charge in [0.05, 0.1) is 6.61 Å². The predicted molar refractivity (Wildman–Crippen MR) is 68.4 cm³/mol. The maximum atomic E-state index is 9.12. The zero-order chi connectivity index (χ0) is 11.9. The third-order valence-corrected chi connectivity index (χ3v) is 2.56. The maximum Gasteiger partial charge on any atom is 0.119 e. The minimum atomic E-state index is 0.265. The lowest BCUT2D eigenvalue weighted by molar-refractivity contribution is 0.310. The first kappa shape index (κ1) is 11.5. The van der Waals surface area contributed by atoms with Crippen molar-refractivity contribution in [3.63, 3.8) is 0 Å². The zero-order valence-corrected chi connectivity index (χ0v) is 9.67. The molecule has 0 saturated heterocycles. The average Bonchev–Trinajstić information content (AvgIpc) is 2.38. The second-order valence-electron chi connectivity index (χ2n) is 3.93. The number of hydrogen-bond acceptors (Lipinski definition) is 2. The molecule has 0 fully saturated rings. The standard InChI is InChI=1S/C15H16O2/c16-14-8-10-15(11-9-14)17-12-4-7-13-5-2-1-3-6-13/h1-3,5-6,8-11,16H,4,7,12H2. The molecule has 0 aliphatic rings. The van der Waals surface area contributed by atoms with Crippen LogP contribution in [0.4, 0.5) is 0 Å². The molecule has 17 heavy (non-hydrogen) atoms. The SMILES string of the molecule is Oc1ccc(OCCCc2ccccc2)cc1. The summed E-state index contributed by atoms with van der Waals surface area (Å²) in [5.41, 5.74) is 1.34. The molecule has 0 atom stereocenters. The Morgan fingerprint density at radius 3 is 2.29 bits per heavy atom. The van der Waals surface area contributed by atoms with Gasteiger partial charge in [-0.05, 0) is 42.7 Å². The number of hydrogen-bond donors (Lipinski definition) is 1. The topological polar surface area (TPSA) is 29.5 Å². The summed E-state index contributed by atoms with van der Waals surface area (Å²) in [5, 5.41) is 9.12. The summed E-state index contributed by atoms with van der Waals surface area (Å²) < 4.78 is 5.57. The van der Waals surface area contributed by atoms with E-state index in [1.54, 1.807) is 24.3 Å². The molecule has 0 aliphatic carbocycles. The van der Waals surface area contributed by atoms with Crippen molar-refractivity contribution in [3.05, 3.63) is 60.2 Å². The summed E-state index contributed by atoms with van der Waals surface area (Å²) in [4.78, 5) is 0. The van der Waals surface area contributed by atoms with Crippen LogP contribution in [0.5, 0.6) is 11.5 Å². The fraction of sp³-hybridized carbons (Fsp3) is 0.200. The summed E-state index contributed by atoms with van der Waals surface area (Å²) in [7, 11) is 0. The van der Waals surface area contributed by atoms with Gasteiger partial charge in [-0.15, -0.1) is 0 Å². The second kappa shape index (κ2) is 5.94. The van der Waals surface area contributed by atoms with Crippen molar-refractivity contribution in [2.24, 2.45) is 0 Å². The summed E-state index contributed by atoms with van der Waals surface area (Å²) in [6.45, 7) is 0.694. The van der Waals surface area contributed by atoms with Crippen molar-refractivity contribution in [1.29, 1.82) is 0 Å². The third kappa shape index (κ3) is 3.83. The van der Waals surface area contributed by atoms with E-state index in [1.807, 2.05) is 6.07 Å². The van der Waals surface area contributed by atoms with Gasteiger partial charge >= 0.3 is 0 Å². The van der Waals surface area contributed by atoms with Crippen molar-refractivity contribution < 1.29 is 9.84 Å². The van der Waals surface area contributed by atoms with Gasteiger partial charge in [-0.1, -0.05) is 30.3 Å². The molecule has 0 aliphatic heterocycles. The summed E-state index contributed by atoms with van der Waals surface area (Å²) in [6.07, 6.45) is 2.02. The van der Waals surface area contributed by atoms with Gasteiger partial charge < -0.3 is 9.84 Å². The number of aromatic hydroxyl groups is 1. The highest BCUT2D eigenvalue weighted by atomic mass is 16.5. The Bertz CT molecular complexity index is 434. The van der Waals surface area contributed by atoms with E-state index in [2.05, 4.69) is 24.3 Å². The van der Waals surface area contributed by atoms with Crippen LogP contribution in [0.15, 0.2) is 54.6 Å². The second-order valence-corrected chi connectivity index (χ2v) is 3.93. The van der Waals surface area contributed by atoms with Crippen LogP contribution in [0.1, 0.15) is 12.0 Å². The first-order valence-electron chi connectivity index (χ1n) is 5.80. The quantitative estimate of drug-likeness (QED) is 0.795. The first-order valence-corrected chi connectivity index (χ1v) is 5.80. The van der Waals surface area contributed by atoms with Crippen LogP contribution >= 0.6 is 0 Å². The molecule has 0 aromatic heterocycles. The molecular weight excluding hydrogens is 212 g/mol. The molecule has 0 amide bonds. The van der Waals surface area contributed by atoms with Gasteiger partial charge in [0.15, 0.2) is 0 Å². The Kier molecular flexibility index (Phi) is 4.03. The number of rotatable bonds is 5. The molecule has 0 spiro atoms. The van der Waals surface area contributed by atoms with Crippen LogP contribution < -0.4 is 4.74 Å². The van der Waals surface area contributed by atoms with Crippen LogP contribution in [-0.2, 0) is 6.42 Å². The van der Waals surface area contributed by atoms with Gasteiger partial charge in [0.1, 0.15) is 11.5 Å². The summed E-state index contributed by atoms with van der Waals surface area (Å²) >= 11 is 0. The Morgan fingerprint density at radius 1 is 0.882 bits per heavy atom. The van der Waals surface area contributed by atoms with Crippen LogP contribution in [-0.4, -0.2) is 11.7 Å². The first-order chi connectivity index (χ1) is 8.34. The Balaban J connectivity index is 1.71. The maximum absolute atomic E-state index is 9.12. The molecule has 1 N–H and O–H groups in total. The summed E-state index contributed by atoms with van der Waals surface area (Å²) in [6, 6.07) is 17.2. The van der Waals surface area contributed by atoms with Gasteiger partial charge in [0, 0.05) is 0 Å². The van der Waals surface area contributed by atoms with E-state index in [4.69, 9.17) is 9.84 Å². The van der Waals surface area contributed by atoms with Crippen molar-refractivity contribution in [3.8, 4) is 11.5 Å². The molecule has 2 rings (SSSR count). The monoisotopic (exact) mass is 228 g/mol. The highest BCUT2D eigenvalue weighted by Gasteiger charge is 1.95. The van der Waals surface area contributed by atoms with E-state index >= 15 is 0 Å². The van der Waals surface area contributed by atoms with E-state index in [0.29, 0.717) is 6.61 Å². The van der Waals surface area contributed by atoms with Gasteiger partial charge in [-0.2, -0.15) is 0 Å². The minimum Gasteiger partial charge on any atom is -0.508 e. The lowest BCUT2D eigenvalue weighted by atomic mass is 10.1. The van der Waals surface area contributed by atoms with Gasteiger partial charge in [-0.3, -0.25) is 0 Å². The fourth-order valence-corrected chi connectivity index (χ4v) is 1.65. The largest absolute Gasteiger partial charge is 0.508 e. The zero-order valence-electron chi connectivity index (χ0n) is 9.67. The molecule has 88 valence electrons. The van der Waals surface area contributed by atoms with E-state index in [1.165, 1.54) is 5.56 Å². The lowest BCUT2D eigenvalue weighted by Gasteiger charge is -2.06. The molecule has 0 bridgehead atoms. The Labute approximate surface area is 101 Å². The van der Waals surface area contributed by atoms with E-state index in [0.717, 1.165) is 18.6 Å². The molecular formula is C15H16O2. The van der Waals surface area contributed by atoms with Gasteiger partial charge in [0.2, 0.25) is 0 Å². The predicted octanol–water partition coefficient (Wildman–Crippen LogP) is 3.40. The molecule has 0 radical (unpaired) electrons. The van der Waals surface area contributed by atoms with Crippen molar-refractivity contribution in [1.82, 2.24) is 0 Å². The van der Waals surface area contributed by atoms with Crippen LogP contribution in [0.25, 0.3) is 0 Å². The van der Waals surface area contributed by atoms with Crippen LogP contribution in [0.2, 0.25) is 0 Å².